The molecule has 1 N–H and O–H groups in total. The molecule has 0 saturated carbocycles. The Labute approximate surface area is 124 Å². The van der Waals surface area contributed by atoms with Gasteiger partial charge in [0.2, 0.25) is 0 Å². The quantitative estimate of drug-likeness (QED) is 0.887. The van der Waals surface area contributed by atoms with Crippen LogP contribution >= 0.6 is 0 Å². The van der Waals surface area contributed by atoms with Crippen LogP contribution in [0.25, 0.3) is 0 Å². The maximum Gasteiger partial charge on any atom is 0.326 e. The summed E-state index contributed by atoms with van der Waals surface area (Å²) in [5.74, 6) is -1.79. The predicted octanol–water partition coefficient (Wildman–Crippen LogP) is 1.41. The Kier molecular flexibility index (Phi) is 5.11. The fourth-order valence-electron chi connectivity index (χ4n) is 1.68. The molecule has 21 heavy (non-hydrogen) atoms. The molecule has 0 saturated heterocycles. The SMILES string of the molecule is CC(C(=O)O)N(C)C(=O)c1ccccc1S(=O)(=O)C(C)C. The molecule has 1 unspecified atom stereocenters. The number of carboxylic acid groups (broad SMARTS) is 1. The fraction of sp³-hybridized carbons (Fsp3) is 0.429. The van der Waals surface area contributed by atoms with E-state index in [4.69, 9.17) is 5.11 Å². The highest BCUT2D eigenvalue weighted by molar-refractivity contribution is 7.92. The summed E-state index contributed by atoms with van der Waals surface area (Å²) in [5, 5.41) is 8.28. The summed E-state index contributed by atoms with van der Waals surface area (Å²) >= 11 is 0. The van der Waals surface area contributed by atoms with E-state index in [2.05, 4.69) is 0 Å². The lowest BCUT2D eigenvalue weighted by Crippen LogP contribution is -2.40. The maximum absolute atomic E-state index is 12.4. The summed E-state index contributed by atoms with van der Waals surface area (Å²) < 4.78 is 24.6. The second-order valence-corrected chi connectivity index (χ2v) is 7.49. The van der Waals surface area contributed by atoms with E-state index in [9.17, 15) is 18.0 Å². The zero-order valence-corrected chi connectivity index (χ0v) is 13.2. The molecule has 0 aliphatic carbocycles. The molecule has 116 valence electrons. The predicted molar refractivity (Wildman–Crippen MR) is 78.0 cm³/mol. The van der Waals surface area contributed by atoms with Crippen molar-refractivity contribution in [1.29, 1.82) is 0 Å². The Morgan fingerprint density at radius 1 is 1.14 bits per heavy atom. The first-order chi connectivity index (χ1) is 9.60. The average Bonchev–Trinajstić information content (AvgIpc) is 2.44. The van der Waals surface area contributed by atoms with E-state index in [0.29, 0.717) is 0 Å². The summed E-state index contributed by atoms with van der Waals surface area (Å²) in [6.45, 7) is 4.42. The molecule has 0 heterocycles. The van der Waals surface area contributed by atoms with Gasteiger partial charge in [-0.15, -0.1) is 0 Å². The molecule has 1 aromatic rings. The van der Waals surface area contributed by atoms with Crippen LogP contribution in [0.15, 0.2) is 29.2 Å². The lowest BCUT2D eigenvalue weighted by molar-refractivity contribution is -0.141. The maximum atomic E-state index is 12.4. The first-order valence-corrected chi connectivity index (χ1v) is 7.98. The van der Waals surface area contributed by atoms with E-state index >= 15 is 0 Å². The summed E-state index contributed by atoms with van der Waals surface area (Å²) in [4.78, 5) is 24.3. The van der Waals surface area contributed by atoms with E-state index in [-0.39, 0.29) is 10.5 Å². The summed E-state index contributed by atoms with van der Waals surface area (Å²) in [7, 11) is -2.29. The van der Waals surface area contributed by atoms with Gasteiger partial charge in [-0.1, -0.05) is 12.1 Å². The fourth-order valence-corrected chi connectivity index (χ4v) is 2.91. The van der Waals surface area contributed by atoms with Crippen molar-refractivity contribution in [3.63, 3.8) is 0 Å². The number of carbonyl (C=O) groups excluding carboxylic acids is 1. The van der Waals surface area contributed by atoms with Gasteiger partial charge in [0.1, 0.15) is 6.04 Å². The third-order valence-electron chi connectivity index (χ3n) is 3.30. The molecule has 0 spiro atoms. The standard InChI is InChI=1S/C14H19NO5S/c1-9(2)21(19,20)12-8-6-5-7-11(12)13(16)15(4)10(3)14(17)18/h5-10H,1-4H3,(H,17,18). The van der Waals surface area contributed by atoms with Crippen LogP contribution in [0.5, 0.6) is 0 Å². The highest BCUT2D eigenvalue weighted by atomic mass is 32.2. The van der Waals surface area contributed by atoms with Crippen LogP contribution < -0.4 is 0 Å². The van der Waals surface area contributed by atoms with Crippen LogP contribution in [0.1, 0.15) is 31.1 Å². The molecule has 0 aromatic heterocycles. The van der Waals surface area contributed by atoms with Crippen molar-refractivity contribution in [2.24, 2.45) is 0 Å². The topological polar surface area (TPSA) is 91.8 Å². The van der Waals surface area contributed by atoms with Gasteiger partial charge >= 0.3 is 5.97 Å². The van der Waals surface area contributed by atoms with Crippen molar-refractivity contribution < 1.29 is 23.1 Å². The van der Waals surface area contributed by atoms with Crippen LogP contribution in [0.4, 0.5) is 0 Å². The summed E-state index contributed by atoms with van der Waals surface area (Å²) in [6.07, 6.45) is 0. The largest absolute Gasteiger partial charge is 0.480 e. The minimum Gasteiger partial charge on any atom is -0.480 e. The van der Waals surface area contributed by atoms with Crippen LogP contribution in [0.2, 0.25) is 0 Å². The lowest BCUT2D eigenvalue weighted by atomic mass is 10.2. The number of benzene rings is 1. The Hall–Kier alpha value is -1.89. The van der Waals surface area contributed by atoms with Crippen molar-refractivity contribution in [3.05, 3.63) is 29.8 Å². The molecule has 6 nitrogen and oxygen atoms in total. The number of aliphatic carboxylic acids is 1. The van der Waals surface area contributed by atoms with Crippen LogP contribution in [0.3, 0.4) is 0 Å². The molecule has 0 fully saturated rings. The molecule has 0 radical (unpaired) electrons. The molecule has 1 atom stereocenters. The number of likely N-dealkylation sites (N-methyl/N-ethyl adjacent to an activating group) is 1. The second kappa shape index (κ2) is 6.26. The Morgan fingerprint density at radius 2 is 1.67 bits per heavy atom. The van der Waals surface area contributed by atoms with Crippen LogP contribution in [-0.4, -0.2) is 48.6 Å². The first-order valence-electron chi connectivity index (χ1n) is 6.43. The smallest absolute Gasteiger partial charge is 0.326 e. The minimum atomic E-state index is -3.63. The zero-order chi connectivity index (χ0) is 16.4. The number of nitrogens with zero attached hydrogens (tertiary/aromatic N) is 1. The number of sulfone groups is 1. The van der Waals surface area contributed by atoms with Crippen molar-refractivity contribution in [2.45, 2.75) is 37.0 Å². The number of carbonyl (C=O) groups is 2. The van der Waals surface area contributed by atoms with Gasteiger partial charge in [0.25, 0.3) is 5.91 Å². The summed E-state index contributed by atoms with van der Waals surface area (Å²) in [5.41, 5.74) is -0.0122. The number of rotatable bonds is 5. The highest BCUT2D eigenvalue weighted by Crippen LogP contribution is 2.22. The molecule has 1 amide bonds. The number of hydrogen-bond donors (Lipinski definition) is 1. The minimum absolute atomic E-state index is 0.0122. The lowest BCUT2D eigenvalue weighted by Gasteiger charge is -2.23. The van der Waals surface area contributed by atoms with Gasteiger partial charge in [0.05, 0.1) is 15.7 Å². The third-order valence-corrected chi connectivity index (χ3v) is 5.51. The monoisotopic (exact) mass is 313 g/mol. The van der Waals surface area contributed by atoms with Gasteiger partial charge < -0.3 is 10.0 Å². The Morgan fingerprint density at radius 3 is 2.14 bits per heavy atom. The van der Waals surface area contributed by atoms with E-state index in [1.807, 2.05) is 0 Å². The van der Waals surface area contributed by atoms with Gasteiger partial charge in [-0.25, -0.2) is 13.2 Å². The van der Waals surface area contributed by atoms with Gasteiger partial charge in [0, 0.05) is 7.05 Å². The average molecular weight is 313 g/mol. The number of hydrogen-bond acceptors (Lipinski definition) is 4. The van der Waals surface area contributed by atoms with Gasteiger partial charge in [-0.3, -0.25) is 4.79 Å². The second-order valence-electron chi connectivity index (χ2n) is 5.02. The van der Waals surface area contributed by atoms with Gasteiger partial charge in [-0.05, 0) is 32.9 Å². The van der Waals surface area contributed by atoms with Gasteiger partial charge in [0.15, 0.2) is 9.84 Å². The summed E-state index contributed by atoms with van der Waals surface area (Å²) in [6, 6.07) is 4.79. The molecular formula is C14H19NO5S. The molecule has 0 aliphatic heterocycles. The normalized spacial score (nSPS) is 13.0. The molecule has 1 rings (SSSR count). The molecular weight excluding hydrogens is 294 g/mol. The molecule has 0 aliphatic rings. The third kappa shape index (κ3) is 3.41. The number of carboxylic acids is 1. The Balaban J connectivity index is 3.34. The van der Waals surface area contributed by atoms with Crippen LogP contribution in [-0.2, 0) is 14.6 Å². The van der Waals surface area contributed by atoms with Gasteiger partial charge in [-0.2, -0.15) is 0 Å². The van der Waals surface area contributed by atoms with E-state index in [0.717, 1.165) is 4.90 Å². The Bertz CT molecular complexity index is 651. The van der Waals surface area contributed by atoms with E-state index in [1.54, 1.807) is 6.07 Å². The van der Waals surface area contributed by atoms with Crippen LogP contribution in [0, 0.1) is 0 Å². The molecule has 7 heteroatoms. The molecule has 0 bridgehead atoms. The van der Waals surface area contributed by atoms with E-state index < -0.39 is 33.0 Å². The highest BCUT2D eigenvalue weighted by Gasteiger charge is 2.29. The van der Waals surface area contributed by atoms with E-state index in [1.165, 1.54) is 46.0 Å². The van der Waals surface area contributed by atoms with Crippen molar-refractivity contribution in [2.75, 3.05) is 7.05 Å². The molecule has 1 aromatic carbocycles. The van der Waals surface area contributed by atoms with Crippen molar-refractivity contribution in [3.8, 4) is 0 Å². The number of amides is 1. The first kappa shape index (κ1) is 17.2. The van der Waals surface area contributed by atoms with Crippen molar-refractivity contribution >= 4 is 21.7 Å². The zero-order valence-electron chi connectivity index (χ0n) is 12.4. The van der Waals surface area contributed by atoms with Crippen molar-refractivity contribution in [1.82, 2.24) is 4.90 Å².